The standard InChI is InChI=1S/C15H18BrNO4/c1-21-10-15(14(19)20)6-7-17(9-15)13(18)8-11-4-2-3-5-12(11)16/h2-5H,6-10H2,1H3,(H,19,20). The van der Waals surface area contributed by atoms with Crippen LogP contribution in [0.2, 0.25) is 0 Å². The topological polar surface area (TPSA) is 66.8 Å². The molecule has 0 aromatic heterocycles. The fourth-order valence-electron chi connectivity index (χ4n) is 2.63. The van der Waals surface area contributed by atoms with E-state index in [9.17, 15) is 14.7 Å². The molecule has 1 aromatic rings. The molecule has 1 atom stereocenters. The normalized spacial score (nSPS) is 21.5. The summed E-state index contributed by atoms with van der Waals surface area (Å²) in [7, 11) is 1.48. The molecule has 1 unspecified atom stereocenters. The maximum Gasteiger partial charge on any atom is 0.313 e. The minimum Gasteiger partial charge on any atom is -0.481 e. The highest BCUT2D eigenvalue weighted by atomic mass is 79.9. The molecule has 1 aromatic carbocycles. The van der Waals surface area contributed by atoms with Crippen LogP contribution in [-0.4, -0.2) is 48.7 Å². The number of nitrogens with zero attached hydrogens (tertiary/aromatic N) is 1. The number of methoxy groups -OCH3 is 1. The molecule has 0 aliphatic carbocycles. The highest BCUT2D eigenvalue weighted by molar-refractivity contribution is 9.10. The monoisotopic (exact) mass is 355 g/mol. The number of amides is 1. The molecular weight excluding hydrogens is 338 g/mol. The second kappa shape index (κ2) is 6.58. The van der Waals surface area contributed by atoms with Crippen LogP contribution in [0, 0.1) is 5.41 Å². The van der Waals surface area contributed by atoms with E-state index in [-0.39, 0.29) is 25.5 Å². The number of hydrogen-bond donors (Lipinski definition) is 1. The Kier molecular flexibility index (Phi) is 5.00. The molecule has 1 saturated heterocycles. The first-order valence-electron chi connectivity index (χ1n) is 6.72. The summed E-state index contributed by atoms with van der Waals surface area (Å²) in [6.07, 6.45) is 0.696. The van der Waals surface area contributed by atoms with Crippen molar-refractivity contribution >= 4 is 27.8 Å². The Bertz CT molecular complexity index is 548. The van der Waals surface area contributed by atoms with Gasteiger partial charge in [0.2, 0.25) is 5.91 Å². The lowest BCUT2D eigenvalue weighted by Gasteiger charge is -2.24. The zero-order chi connectivity index (χ0) is 15.5. The minimum absolute atomic E-state index is 0.0545. The van der Waals surface area contributed by atoms with Gasteiger partial charge < -0.3 is 14.7 Å². The average Bonchev–Trinajstić information content (AvgIpc) is 2.87. The van der Waals surface area contributed by atoms with Crippen LogP contribution >= 0.6 is 15.9 Å². The predicted octanol–water partition coefficient (Wildman–Crippen LogP) is 1.94. The number of carboxylic acid groups (broad SMARTS) is 1. The van der Waals surface area contributed by atoms with Gasteiger partial charge in [0.25, 0.3) is 0 Å². The molecular formula is C15H18BrNO4. The Morgan fingerprint density at radius 2 is 2.14 bits per heavy atom. The van der Waals surface area contributed by atoms with Crippen molar-refractivity contribution in [3.8, 4) is 0 Å². The van der Waals surface area contributed by atoms with Gasteiger partial charge in [-0.25, -0.2) is 0 Å². The van der Waals surface area contributed by atoms with E-state index in [1.54, 1.807) is 4.90 Å². The summed E-state index contributed by atoms with van der Waals surface area (Å²) in [6, 6.07) is 7.54. The van der Waals surface area contributed by atoms with Gasteiger partial charge in [-0.1, -0.05) is 34.1 Å². The molecule has 0 bridgehead atoms. The molecule has 1 aliphatic rings. The Morgan fingerprint density at radius 3 is 2.76 bits per heavy atom. The van der Waals surface area contributed by atoms with Crippen LogP contribution in [0.4, 0.5) is 0 Å². The first-order valence-corrected chi connectivity index (χ1v) is 7.51. The molecule has 1 N–H and O–H groups in total. The van der Waals surface area contributed by atoms with Crippen LogP contribution in [0.5, 0.6) is 0 Å². The van der Waals surface area contributed by atoms with Crippen LogP contribution in [0.25, 0.3) is 0 Å². The molecule has 114 valence electrons. The van der Waals surface area contributed by atoms with Crippen molar-refractivity contribution < 1.29 is 19.4 Å². The summed E-state index contributed by atoms with van der Waals surface area (Å²) in [5.41, 5.74) is -0.0692. The smallest absolute Gasteiger partial charge is 0.313 e. The molecule has 0 saturated carbocycles. The largest absolute Gasteiger partial charge is 0.481 e. The van der Waals surface area contributed by atoms with E-state index in [1.165, 1.54) is 7.11 Å². The number of ether oxygens (including phenoxy) is 1. The third kappa shape index (κ3) is 3.44. The van der Waals surface area contributed by atoms with Crippen molar-refractivity contribution in [3.05, 3.63) is 34.3 Å². The number of rotatable bonds is 5. The molecule has 6 heteroatoms. The molecule has 21 heavy (non-hydrogen) atoms. The highest BCUT2D eigenvalue weighted by Gasteiger charge is 2.46. The summed E-state index contributed by atoms with van der Waals surface area (Å²) in [5.74, 6) is -0.957. The molecule has 1 fully saturated rings. The first kappa shape index (κ1) is 16.0. The molecule has 0 spiro atoms. The van der Waals surface area contributed by atoms with Crippen molar-refractivity contribution in [2.24, 2.45) is 5.41 Å². The Labute approximate surface area is 132 Å². The van der Waals surface area contributed by atoms with E-state index in [0.717, 1.165) is 10.0 Å². The number of carbonyl (C=O) groups is 2. The number of likely N-dealkylation sites (tertiary alicyclic amines) is 1. The second-order valence-corrected chi connectivity index (χ2v) is 6.21. The fourth-order valence-corrected chi connectivity index (χ4v) is 3.06. The molecule has 1 amide bonds. The summed E-state index contributed by atoms with van der Waals surface area (Å²) in [5, 5.41) is 9.40. The van der Waals surface area contributed by atoms with E-state index in [0.29, 0.717) is 13.0 Å². The zero-order valence-electron chi connectivity index (χ0n) is 11.8. The quantitative estimate of drug-likeness (QED) is 0.876. The van der Waals surface area contributed by atoms with Crippen LogP contribution in [0.1, 0.15) is 12.0 Å². The van der Waals surface area contributed by atoms with E-state index in [2.05, 4.69) is 15.9 Å². The summed E-state index contributed by atoms with van der Waals surface area (Å²) in [6.45, 7) is 0.791. The maximum atomic E-state index is 12.4. The number of hydrogen-bond acceptors (Lipinski definition) is 3. The van der Waals surface area contributed by atoms with E-state index in [1.807, 2.05) is 24.3 Å². The van der Waals surface area contributed by atoms with Gasteiger partial charge in [-0.05, 0) is 18.1 Å². The van der Waals surface area contributed by atoms with Crippen LogP contribution in [0.3, 0.4) is 0 Å². The van der Waals surface area contributed by atoms with Crippen molar-refractivity contribution in [1.29, 1.82) is 0 Å². The lowest BCUT2D eigenvalue weighted by Crippen LogP contribution is -2.40. The van der Waals surface area contributed by atoms with Crippen LogP contribution in [-0.2, 0) is 20.7 Å². The van der Waals surface area contributed by atoms with Crippen LogP contribution in [0.15, 0.2) is 28.7 Å². The number of benzene rings is 1. The SMILES string of the molecule is COCC1(C(=O)O)CCN(C(=O)Cc2ccccc2Br)C1. The van der Waals surface area contributed by atoms with Crippen molar-refractivity contribution in [1.82, 2.24) is 4.90 Å². The van der Waals surface area contributed by atoms with Gasteiger partial charge >= 0.3 is 5.97 Å². The molecule has 2 rings (SSSR count). The average molecular weight is 356 g/mol. The second-order valence-electron chi connectivity index (χ2n) is 5.35. The number of halogens is 1. The lowest BCUT2D eigenvalue weighted by atomic mass is 9.88. The summed E-state index contributed by atoms with van der Waals surface area (Å²) in [4.78, 5) is 25.4. The molecule has 1 aliphatic heterocycles. The van der Waals surface area contributed by atoms with Crippen molar-refractivity contribution in [3.63, 3.8) is 0 Å². The summed E-state index contributed by atoms with van der Waals surface area (Å²) < 4.78 is 5.92. The third-order valence-electron chi connectivity index (χ3n) is 3.88. The van der Waals surface area contributed by atoms with Gasteiger partial charge in [0, 0.05) is 24.7 Å². The third-order valence-corrected chi connectivity index (χ3v) is 4.65. The molecule has 1 heterocycles. The fraction of sp³-hybridized carbons (Fsp3) is 0.467. The van der Waals surface area contributed by atoms with Gasteiger partial charge in [-0.15, -0.1) is 0 Å². The maximum absolute atomic E-state index is 12.4. The van der Waals surface area contributed by atoms with Crippen molar-refractivity contribution in [2.75, 3.05) is 26.8 Å². The van der Waals surface area contributed by atoms with Gasteiger partial charge in [0.05, 0.1) is 13.0 Å². The number of aliphatic carboxylic acids is 1. The summed E-state index contributed by atoms with van der Waals surface area (Å²) >= 11 is 3.42. The Hall–Kier alpha value is -1.40. The number of carboxylic acids is 1. The van der Waals surface area contributed by atoms with E-state index >= 15 is 0 Å². The van der Waals surface area contributed by atoms with Gasteiger partial charge in [0.1, 0.15) is 5.41 Å². The van der Waals surface area contributed by atoms with Gasteiger partial charge in [0.15, 0.2) is 0 Å². The van der Waals surface area contributed by atoms with Crippen LogP contribution < -0.4 is 0 Å². The van der Waals surface area contributed by atoms with E-state index < -0.39 is 11.4 Å². The molecule has 5 nitrogen and oxygen atoms in total. The predicted molar refractivity (Wildman–Crippen MR) is 81.0 cm³/mol. The lowest BCUT2D eigenvalue weighted by molar-refractivity contribution is -0.151. The first-order chi connectivity index (χ1) is 9.98. The Balaban J connectivity index is 2.05. The highest BCUT2D eigenvalue weighted by Crippen LogP contribution is 2.32. The molecule has 0 radical (unpaired) electrons. The Morgan fingerprint density at radius 1 is 1.43 bits per heavy atom. The zero-order valence-corrected chi connectivity index (χ0v) is 13.4. The van der Waals surface area contributed by atoms with Gasteiger partial charge in [-0.3, -0.25) is 9.59 Å². The minimum atomic E-state index is -0.974. The van der Waals surface area contributed by atoms with Gasteiger partial charge in [-0.2, -0.15) is 0 Å². The number of carbonyl (C=O) groups excluding carboxylic acids is 1. The van der Waals surface area contributed by atoms with E-state index in [4.69, 9.17) is 4.74 Å². The van der Waals surface area contributed by atoms with Crippen molar-refractivity contribution in [2.45, 2.75) is 12.8 Å².